The largest absolute Gasteiger partial charge is 0.381 e. The molecule has 15 heavy (non-hydrogen) atoms. The summed E-state index contributed by atoms with van der Waals surface area (Å²) in [6.45, 7) is 0. The molecular formula is C9H8N2O3S. The number of hydrogen-bond donors (Lipinski definition) is 0. The Balaban J connectivity index is 2.82. The van der Waals surface area contributed by atoms with Crippen LogP contribution in [0.15, 0.2) is 35.5 Å². The van der Waals surface area contributed by atoms with Gasteiger partial charge in [0, 0.05) is 5.56 Å². The van der Waals surface area contributed by atoms with Crippen LogP contribution in [0.1, 0.15) is 5.56 Å². The van der Waals surface area contributed by atoms with Crippen LogP contribution in [0.5, 0.6) is 0 Å². The Labute approximate surface area is 89.8 Å². The Morgan fingerprint density at radius 1 is 1.47 bits per heavy atom. The van der Waals surface area contributed by atoms with Crippen LogP contribution < -0.4 is 0 Å². The third kappa shape index (κ3) is 3.50. The SMILES string of the molecule is COS(=O)ON=C(C#N)c1ccccc1. The van der Waals surface area contributed by atoms with Gasteiger partial charge in [0.25, 0.3) is 0 Å². The molecule has 0 bridgehead atoms. The summed E-state index contributed by atoms with van der Waals surface area (Å²) >= 11 is -1.96. The van der Waals surface area contributed by atoms with E-state index in [4.69, 9.17) is 5.26 Å². The van der Waals surface area contributed by atoms with Gasteiger partial charge in [-0.05, 0) is 0 Å². The maximum absolute atomic E-state index is 10.7. The minimum absolute atomic E-state index is 0.0426. The van der Waals surface area contributed by atoms with Gasteiger partial charge in [-0.15, -0.1) is 0 Å². The average molecular weight is 224 g/mol. The van der Waals surface area contributed by atoms with E-state index >= 15 is 0 Å². The monoisotopic (exact) mass is 224 g/mol. The molecule has 1 aromatic rings. The Morgan fingerprint density at radius 2 is 2.13 bits per heavy atom. The standard InChI is InChI=1S/C9H8N2O3S/c1-13-15(12)14-11-9(7-10)8-5-3-2-4-6-8/h2-6H,1H3. The van der Waals surface area contributed by atoms with E-state index in [0.717, 1.165) is 0 Å². The lowest BCUT2D eigenvalue weighted by Crippen LogP contribution is -2.00. The zero-order valence-corrected chi connectivity index (χ0v) is 8.73. The predicted octanol–water partition coefficient (Wildman–Crippen LogP) is 1.16. The quantitative estimate of drug-likeness (QED) is 0.568. The van der Waals surface area contributed by atoms with Gasteiger partial charge in [0.1, 0.15) is 6.07 Å². The molecule has 0 aromatic heterocycles. The summed E-state index contributed by atoms with van der Waals surface area (Å²) in [5, 5.41) is 12.2. The fraction of sp³-hybridized carbons (Fsp3) is 0.111. The lowest BCUT2D eigenvalue weighted by molar-refractivity contribution is 0.296. The van der Waals surface area contributed by atoms with Crippen molar-refractivity contribution in [3.8, 4) is 6.07 Å². The predicted molar refractivity (Wildman–Crippen MR) is 54.8 cm³/mol. The van der Waals surface area contributed by atoms with Gasteiger partial charge in [-0.1, -0.05) is 35.5 Å². The molecular weight excluding hydrogens is 216 g/mol. The minimum atomic E-state index is -1.96. The van der Waals surface area contributed by atoms with E-state index in [1.54, 1.807) is 24.3 Å². The second-order valence-electron chi connectivity index (χ2n) is 2.36. The second kappa shape index (κ2) is 5.90. The minimum Gasteiger partial charge on any atom is -0.264 e. The molecule has 1 aromatic carbocycles. The molecule has 0 fully saturated rings. The molecule has 0 saturated carbocycles. The molecule has 0 spiro atoms. The van der Waals surface area contributed by atoms with Crippen LogP contribution in [0, 0.1) is 11.3 Å². The van der Waals surface area contributed by atoms with Crippen molar-refractivity contribution < 1.29 is 12.7 Å². The second-order valence-corrected chi connectivity index (χ2v) is 3.25. The van der Waals surface area contributed by atoms with E-state index in [-0.39, 0.29) is 5.71 Å². The molecule has 0 aliphatic heterocycles. The first-order valence-electron chi connectivity index (χ1n) is 3.95. The molecule has 6 heteroatoms. The highest BCUT2D eigenvalue weighted by molar-refractivity contribution is 7.75. The third-order valence-corrected chi connectivity index (χ3v) is 1.95. The van der Waals surface area contributed by atoms with Crippen molar-refractivity contribution in [2.45, 2.75) is 0 Å². The molecule has 0 amide bonds. The molecule has 0 saturated heterocycles. The highest BCUT2D eigenvalue weighted by Gasteiger charge is 2.03. The smallest absolute Gasteiger partial charge is 0.264 e. The van der Waals surface area contributed by atoms with Crippen molar-refractivity contribution in [1.29, 1.82) is 5.26 Å². The summed E-state index contributed by atoms with van der Waals surface area (Å²) in [7, 11) is 1.21. The molecule has 0 radical (unpaired) electrons. The zero-order valence-electron chi connectivity index (χ0n) is 7.91. The number of rotatable bonds is 4. The first-order valence-corrected chi connectivity index (χ1v) is 4.95. The number of nitrogens with zero attached hydrogens (tertiary/aromatic N) is 2. The van der Waals surface area contributed by atoms with Crippen LogP contribution in [0.3, 0.4) is 0 Å². The molecule has 0 aliphatic rings. The number of benzene rings is 1. The molecule has 1 rings (SSSR count). The summed E-state index contributed by atoms with van der Waals surface area (Å²) < 4.78 is 19.4. The highest BCUT2D eigenvalue weighted by atomic mass is 32.2. The van der Waals surface area contributed by atoms with Gasteiger partial charge in [-0.3, -0.25) is 8.47 Å². The summed E-state index contributed by atoms with van der Waals surface area (Å²) in [5.41, 5.74) is 0.633. The fourth-order valence-electron chi connectivity index (χ4n) is 0.832. The van der Waals surface area contributed by atoms with Gasteiger partial charge in [0.15, 0.2) is 5.71 Å². The third-order valence-electron chi connectivity index (χ3n) is 1.48. The van der Waals surface area contributed by atoms with Crippen LogP contribution in [0.25, 0.3) is 0 Å². The van der Waals surface area contributed by atoms with E-state index in [9.17, 15) is 4.21 Å². The average Bonchev–Trinajstić information content (AvgIpc) is 2.31. The molecule has 0 aliphatic carbocycles. The molecule has 0 heterocycles. The number of nitriles is 1. The highest BCUT2D eigenvalue weighted by Crippen LogP contribution is 2.01. The van der Waals surface area contributed by atoms with E-state index in [2.05, 4.69) is 13.6 Å². The van der Waals surface area contributed by atoms with Gasteiger partial charge in [0.2, 0.25) is 0 Å². The summed E-state index contributed by atoms with van der Waals surface area (Å²) in [6.07, 6.45) is 0. The molecule has 1 atom stereocenters. The number of hydrogen-bond acceptors (Lipinski definition) is 5. The summed E-state index contributed by atoms with van der Waals surface area (Å²) in [5.74, 6) is 0. The fourth-order valence-corrected chi connectivity index (χ4v) is 1.03. The molecule has 0 N–H and O–H groups in total. The lowest BCUT2D eigenvalue weighted by atomic mass is 10.1. The zero-order chi connectivity index (χ0) is 11.1. The van der Waals surface area contributed by atoms with Crippen molar-refractivity contribution in [2.24, 2.45) is 5.16 Å². The van der Waals surface area contributed by atoms with Crippen molar-refractivity contribution in [2.75, 3.05) is 7.11 Å². The van der Waals surface area contributed by atoms with Gasteiger partial charge in [-0.2, -0.15) is 9.47 Å². The van der Waals surface area contributed by atoms with Crippen molar-refractivity contribution in [3.05, 3.63) is 35.9 Å². The van der Waals surface area contributed by atoms with Crippen molar-refractivity contribution in [3.63, 3.8) is 0 Å². The van der Waals surface area contributed by atoms with E-state index < -0.39 is 11.4 Å². The topological polar surface area (TPSA) is 71.7 Å². The van der Waals surface area contributed by atoms with Gasteiger partial charge in [0.05, 0.1) is 7.11 Å². The van der Waals surface area contributed by atoms with Crippen LogP contribution in [0.2, 0.25) is 0 Å². The lowest BCUT2D eigenvalue weighted by Gasteiger charge is -1.96. The number of oxime groups is 1. The van der Waals surface area contributed by atoms with Gasteiger partial charge in [-0.25, -0.2) is 0 Å². The Kier molecular flexibility index (Phi) is 4.47. The molecule has 1 unspecified atom stereocenters. The van der Waals surface area contributed by atoms with Crippen LogP contribution >= 0.6 is 0 Å². The Hall–Kier alpha value is -1.71. The Bertz CT molecular complexity index is 411. The Morgan fingerprint density at radius 3 is 2.67 bits per heavy atom. The molecule has 5 nitrogen and oxygen atoms in total. The van der Waals surface area contributed by atoms with Gasteiger partial charge >= 0.3 is 11.4 Å². The van der Waals surface area contributed by atoms with Gasteiger partial charge < -0.3 is 0 Å². The van der Waals surface area contributed by atoms with Crippen molar-refractivity contribution in [1.82, 2.24) is 0 Å². The molecule has 78 valence electrons. The first-order chi connectivity index (χ1) is 7.27. The van der Waals surface area contributed by atoms with Crippen LogP contribution in [-0.4, -0.2) is 17.0 Å². The maximum Gasteiger partial charge on any atom is 0.381 e. The van der Waals surface area contributed by atoms with E-state index in [1.807, 2.05) is 12.1 Å². The normalized spacial score (nSPS) is 12.9. The van der Waals surface area contributed by atoms with E-state index in [1.165, 1.54) is 7.11 Å². The van der Waals surface area contributed by atoms with E-state index in [0.29, 0.717) is 5.56 Å². The maximum atomic E-state index is 10.7. The summed E-state index contributed by atoms with van der Waals surface area (Å²) in [4.78, 5) is 0. The van der Waals surface area contributed by atoms with Crippen LogP contribution in [-0.2, 0) is 19.8 Å². The van der Waals surface area contributed by atoms with Crippen molar-refractivity contribution >= 4 is 17.1 Å². The van der Waals surface area contributed by atoms with Crippen LogP contribution in [0.4, 0.5) is 0 Å². The first kappa shape index (κ1) is 11.4. The summed E-state index contributed by atoms with van der Waals surface area (Å²) in [6, 6.07) is 10.6.